The molecule has 1 atom stereocenters. The Balaban J connectivity index is 1.38. The van der Waals surface area contributed by atoms with Crippen LogP contribution >= 0.6 is 0 Å². The monoisotopic (exact) mass is 356 g/mol. The van der Waals surface area contributed by atoms with Crippen LogP contribution in [0.2, 0.25) is 0 Å². The molecule has 0 bridgehead atoms. The summed E-state index contributed by atoms with van der Waals surface area (Å²) in [5, 5.41) is 3.05. The molecule has 1 unspecified atom stereocenters. The van der Waals surface area contributed by atoms with Crippen molar-refractivity contribution < 1.29 is 13.9 Å². The molecule has 1 amide bonds. The van der Waals surface area contributed by atoms with Gasteiger partial charge in [-0.1, -0.05) is 12.1 Å². The van der Waals surface area contributed by atoms with E-state index < -0.39 is 0 Å². The molecule has 1 heterocycles. The number of aryl methyl sites for hydroxylation is 1. The Kier molecular flexibility index (Phi) is 6.10. The van der Waals surface area contributed by atoms with E-state index in [0.29, 0.717) is 18.9 Å². The number of rotatable bonds is 7. The topological polar surface area (TPSA) is 41.6 Å². The molecule has 1 N–H and O–H groups in total. The number of ether oxygens (including phenoxy) is 1. The highest BCUT2D eigenvalue weighted by Gasteiger charge is 2.23. The van der Waals surface area contributed by atoms with Gasteiger partial charge in [-0.2, -0.15) is 0 Å². The summed E-state index contributed by atoms with van der Waals surface area (Å²) in [5.41, 5.74) is 2.17. The number of hydrogen-bond acceptors (Lipinski definition) is 3. The van der Waals surface area contributed by atoms with Crippen molar-refractivity contribution in [1.82, 2.24) is 5.32 Å². The Morgan fingerprint density at radius 2 is 1.92 bits per heavy atom. The molecule has 4 nitrogen and oxygen atoms in total. The summed E-state index contributed by atoms with van der Waals surface area (Å²) >= 11 is 0. The van der Waals surface area contributed by atoms with Crippen molar-refractivity contribution in [3.8, 4) is 5.75 Å². The van der Waals surface area contributed by atoms with Gasteiger partial charge in [0.15, 0.2) is 0 Å². The molecule has 1 fully saturated rings. The maximum atomic E-state index is 13.0. The van der Waals surface area contributed by atoms with Crippen molar-refractivity contribution in [2.45, 2.75) is 19.3 Å². The Hall–Kier alpha value is -2.56. The van der Waals surface area contributed by atoms with Crippen molar-refractivity contribution in [2.24, 2.45) is 5.92 Å². The summed E-state index contributed by atoms with van der Waals surface area (Å²) in [7, 11) is 1.64. The summed E-state index contributed by atoms with van der Waals surface area (Å²) in [6.07, 6.45) is 2.25. The van der Waals surface area contributed by atoms with E-state index in [1.54, 1.807) is 7.11 Å². The molecule has 5 heteroatoms. The lowest BCUT2D eigenvalue weighted by Gasteiger charge is -2.18. The van der Waals surface area contributed by atoms with E-state index in [1.807, 2.05) is 36.4 Å². The second kappa shape index (κ2) is 8.70. The molecule has 1 aliphatic rings. The molecule has 2 aromatic rings. The van der Waals surface area contributed by atoms with Gasteiger partial charge in [0.25, 0.3) is 0 Å². The van der Waals surface area contributed by atoms with Crippen LogP contribution in [0.3, 0.4) is 0 Å². The first-order valence-electron chi connectivity index (χ1n) is 9.04. The van der Waals surface area contributed by atoms with Crippen LogP contribution in [0, 0.1) is 11.7 Å². The fourth-order valence-corrected chi connectivity index (χ4v) is 3.28. The predicted octanol–water partition coefficient (Wildman–Crippen LogP) is 3.41. The zero-order valence-electron chi connectivity index (χ0n) is 15.1. The van der Waals surface area contributed by atoms with E-state index in [4.69, 9.17) is 4.74 Å². The molecule has 0 radical (unpaired) electrons. The predicted molar refractivity (Wildman–Crippen MR) is 101 cm³/mol. The van der Waals surface area contributed by atoms with Gasteiger partial charge in [-0.25, -0.2) is 4.39 Å². The first kappa shape index (κ1) is 18.2. The van der Waals surface area contributed by atoms with Crippen molar-refractivity contribution in [1.29, 1.82) is 0 Å². The van der Waals surface area contributed by atoms with Crippen LogP contribution in [0.25, 0.3) is 0 Å². The Labute approximate surface area is 154 Å². The number of methoxy groups -OCH3 is 1. The van der Waals surface area contributed by atoms with Crippen LogP contribution in [0.1, 0.15) is 18.4 Å². The minimum Gasteiger partial charge on any atom is -0.497 e. The van der Waals surface area contributed by atoms with Gasteiger partial charge in [0, 0.05) is 31.7 Å². The molecular weight excluding hydrogens is 331 g/mol. The second-order valence-corrected chi connectivity index (χ2v) is 6.73. The molecule has 2 aromatic carbocycles. The number of nitrogens with one attached hydrogen (secondary N) is 1. The van der Waals surface area contributed by atoms with Crippen molar-refractivity contribution >= 4 is 11.6 Å². The molecule has 0 saturated carbocycles. The Bertz CT molecular complexity index is 716. The number of hydrogen-bond donors (Lipinski definition) is 1. The lowest BCUT2D eigenvalue weighted by Crippen LogP contribution is -2.31. The summed E-state index contributed by atoms with van der Waals surface area (Å²) < 4.78 is 18.2. The third-order valence-corrected chi connectivity index (χ3v) is 4.87. The lowest BCUT2D eigenvalue weighted by molar-refractivity contribution is -0.121. The summed E-state index contributed by atoms with van der Waals surface area (Å²) in [5.74, 6) is 1.13. The maximum absolute atomic E-state index is 13.0. The standard InChI is InChI=1S/C21H25FN2O2/c1-26-20-9-2-16(3-10-20)4-11-21(25)23-14-17-12-13-24(15-17)19-7-5-18(22)6-8-19/h2-3,5-10,17H,4,11-15H2,1H3,(H,23,25). The van der Waals surface area contributed by atoms with Gasteiger partial charge in [0.1, 0.15) is 11.6 Å². The van der Waals surface area contributed by atoms with Gasteiger partial charge >= 0.3 is 0 Å². The highest BCUT2D eigenvalue weighted by atomic mass is 19.1. The number of carbonyl (C=O) groups excluding carboxylic acids is 1. The highest BCUT2D eigenvalue weighted by molar-refractivity contribution is 5.76. The first-order chi connectivity index (χ1) is 12.6. The Morgan fingerprint density at radius 1 is 1.19 bits per heavy atom. The van der Waals surface area contributed by atoms with Gasteiger partial charge < -0.3 is 15.0 Å². The van der Waals surface area contributed by atoms with Crippen molar-refractivity contribution in [3.05, 3.63) is 59.9 Å². The Morgan fingerprint density at radius 3 is 2.62 bits per heavy atom. The van der Waals surface area contributed by atoms with E-state index in [1.165, 1.54) is 12.1 Å². The van der Waals surface area contributed by atoms with Gasteiger partial charge in [0.2, 0.25) is 5.91 Å². The summed E-state index contributed by atoms with van der Waals surface area (Å²) in [4.78, 5) is 14.3. The van der Waals surface area contributed by atoms with Crippen molar-refractivity contribution in [2.75, 3.05) is 31.6 Å². The van der Waals surface area contributed by atoms with E-state index in [0.717, 1.165) is 42.9 Å². The molecule has 0 spiro atoms. The molecule has 1 aliphatic heterocycles. The second-order valence-electron chi connectivity index (χ2n) is 6.73. The number of halogens is 1. The lowest BCUT2D eigenvalue weighted by atomic mass is 10.1. The number of carbonyl (C=O) groups is 1. The average molecular weight is 356 g/mol. The minimum absolute atomic E-state index is 0.0843. The van der Waals surface area contributed by atoms with E-state index in [-0.39, 0.29) is 11.7 Å². The van der Waals surface area contributed by atoms with Crippen LogP contribution in [0.5, 0.6) is 5.75 Å². The number of benzene rings is 2. The summed E-state index contributed by atoms with van der Waals surface area (Å²) in [6, 6.07) is 14.4. The molecule has 3 rings (SSSR count). The van der Waals surface area contributed by atoms with Gasteiger partial charge in [-0.3, -0.25) is 4.79 Å². The number of amides is 1. The quantitative estimate of drug-likeness (QED) is 0.827. The molecule has 138 valence electrons. The third kappa shape index (κ3) is 4.97. The van der Waals surface area contributed by atoms with Crippen LogP contribution in [0.15, 0.2) is 48.5 Å². The third-order valence-electron chi connectivity index (χ3n) is 4.87. The summed E-state index contributed by atoms with van der Waals surface area (Å²) in [6.45, 7) is 2.53. The maximum Gasteiger partial charge on any atom is 0.220 e. The number of anilines is 1. The normalized spacial score (nSPS) is 16.5. The van der Waals surface area contributed by atoms with E-state index >= 15 is 0 Å². The van der Waals surface area contributed by atoms with Gasteiger partial charge in [-0.05, 0) is 60.7 Å². The van der Waals surface area contributed by atoms with Crippen LogP contribution in [-0.4, -0.2) is 32.7 Å². The molecule has 26 heavy (non-hydrogen) atoms. The molecule has 0 aliphatic carbocycles. The van der Waals surface area contributed by atoms with Crippen molar-refractivity contribution in [3.63, 3.8) is 0 Å². The largest absolute Gasteiger partial charge is 0.497 e. The fourth-order valence-electron chi connectivity index (χ4n) is 3.28. The van der Waals surface area contributed by atoms with Crippen LogP contribution in [0.4, 0.5) is 10.1 Å². The number of nitrogens with zero attached hydrogens (tertiary/aromatic N) is 1. The fraction of sp³-hybridized carbons (Fsp3) is 0.381. The van der Waals surface area contributed by atoms with Crippen LogP contribution in [-0.2, 0) is 11.2 Å². The molecule has 0 aromatic heterocycles. The highest BCUT2D eigenvalue weighted by Crippen LogP contribution is 2.23. The molecular formula is C21H25FN2O2. The first-order valence-corrected chi connectivity index (χ1v) is 9.04. The zero-order chi connectivity index (χ0) is 18.4. The average Bonchev–Trinajstić information content (AvgIpc) is 3.14. The van der Waals surface area contributed by atoms with E-state index in [2.05, 4.69) is 10.2 Å². The van der Waals surface area contributed by atoms with Gasteiger partial charge in [0.05, 0.1) is 7.11 Å². The smallest absolute Gasteiger partial charge is 0.220 e. The SMILES string of the molecule is COc1ccc(CCC(=O)NCC2CCN(c3ccc(F)cc3)C2)cc1. The van der Waals surface area contributed by atoms with Gasteiger partial charge in [-0.15, -0.1) is 0 Å². The molecule has 1 saturated heterocycles. The van der Waals surface area contributed by atoms with E-state index in [9.17, 15) is 9.18 Å². The minimum atomic E-state index is -0.214. The zero-order valence-corrected chi connectivity index (χ0v) is 15.1. The van der Waals surface area contributed by atoms with Crippen LogP contribution < -0.4 is 15.0 Å².